The molecule has 2 atom stereocenters. The van der Waals surface area contributed by atoms with E-state index in [1.54, 1.807) is 0 Å². The summed E-state index contributed by atoms with van der Waals surface area (Å²) >= 11 is 0. The Bertz CT molecular complexity index is 657. The number of amides is 2. The minimum Gasteiger partial charge on any atom is -0.486 e. The molecule has 0 saturated carbocycles. The first-order valence-corrected chi connectivity index (χ1v) is 8.32. The van der Waals surface area contributed by atoms with E-state index in [1.165, 1.54) is 23.1 Å². The lowest BCUT2D eigenvalue weighted by atomic mass is 9.91. The van der Waals surface area contributed by atoms with Gasteiger partial charge in [0.05, 0.1) is 11.6 Å². The molecule has 2 amide bonds. The molecule has 0 aromatic heterocycles. The van der Waals surface area contributed by atoms with Gasteiger partial charge in [-0.3, -0.25) is 4.79 Å². The third-order valence-corrected chi connectivity index (χ3v) is 3.90. The molecule has 1 aliphatic rings. The molecule has 0 aliphatic carbocycles. The lowest BCUT2D eigenvalue weighted by Crippen LogP contribution is -2.47. The topological polar surface area (TPSA) is 78.9 Å². The number of rotatable bonds is 3. The molecule has 1 aromatic rings. The molecule has 2 N–H and O–H groups in total. The maximum Gasteiger partial charge on any atom is 0.321 e. The Hall–Kier alpha value is -2.31. The molecule has 0 bridgehead atoms. The van der Waals surface area contributed by atoms with E-state index in [1.807, 2.05) is 27.7 Å². The molecule has 25 heavy (non-hydrogen) atoms. The monoisotopic (exact) mass is 352 g/mol. The highest BCUT2D eigenvalue weighted by Crippen LogP contribution is 2.30. The first-order valence-electron chi connectivity index (χ1n) is 8.32. The van der Waals surface area contributed by atoms with Crippen LogP contribution in [0.3, 0.4) is 0 Å². The van der Waals surface area contributed by atoms with E-state index < -0.39 is 29.3 Å². The fraction of sp³-hybridized carbons (Fsp3) is 0.556. The third-order valence-electron chi connectivity index (χ3n) is 3.90. The Morgan fingerprint density at radius 1 is 1.32 bits per heavy atom. The maximum atomic E-state index is 13.5. The van der Waals surface area contributed by atoms with Crippen molar-refractivity contribution in [1.29, 1.82) is 0 Å². The van der Waals surface area contributed by atoms with Crippen LogP contribution < -0.4 is 10.1 Å². The van der Waals surface area contributed by atoms with Gasteiger partial charge in [0.25, 0.3) is 0 Å². The molecule has 1 aliphatic heterocycles. The van der Waals surface area contributed by atoms with Gasteiger partial charge < -0.3 is 20.1 Å². The number of hydrogen-bond donors (Lipinski definition) is 2. The van der Waals surface area contributed by atoms with E-state index in [-0.39, 0.29) is 18.2 Å². The average molecular weight is 352 g/mol. The fourth-order valence-electron chi connectivity index (χ4n) is 2.90. The molecule has 2 unspecified atom stereocenters. The van der Waals surface area contributed by atoms with Crippen LogP contribution in [0.4, 0.5) is 14.9 Å². The quantitative estimate of drug-likeness (QED) is 0.871. The van der Waals surface area contributed by atoms with Crippen LogP contribution in [0.1, 0.15) is 34.1 Å². The summed E-state index contributed by atoms with van der Waals surface area (Å²) < 4.78 is 19.3. The number of hydrogen-bond acceptors (Lipinski definition) is 3. The summed E-state index contributed by atoms with van der Waals surface area (Å²) in [5, 5.41) is 11.9. The average Bonchev–Trinajstić information content (AvgIpc) is 2.47. The highest BCUT2D eigenvalue weighted by molar-refractivity contribution is 5.91. The molecule has 7 heteroatoms. The molecule has 2 rings (SSSR count). The van der Waals surface area contributed by atoms with Crippen LogP contribution in [-0.4, -0.2) is 40.7 Å². The molecule has 0 radical (unpaired) electrons. The molecule has 6 nitrogen and oxygen atoms in total. The van der Waals surface area contributed by atoms with Crippen molar-refractivity contribution < 1.29 is 23.8 Å². The predicted molar refractivity (Wildman–Crippen MR) is 92.3 cm³/mol. The molecular weight excluding hydrogens is 327 g/mol. The fourth-order valence-corrected chi connectivity index (χ4v) is 2.90. The number of carbonyl (C=O) groups excluding carboxylic acids is 1. The van der Waals surface area contributed by atoms with Gasteiger partial charge in [0.15, 0.2) is 0 Å². The van der Waals surface area contributed by atoms with E-state index in [0.29, 0.717) is 18.7 Å². The number of urea groups is 1. The third kappa shape index (κ3) is 5.34. The standard InChI is InChI=1S/C18H25FN2O4/c1-11-7-12(16(22)23)10-21(9-11)17(24)20-14-6-5-13(19)8-15(14)25-18(2,3)4/h5-6,8,11-12H,7,9-10H2,1-4H3,(H,20,24)(H,22,23). The van der Waals surface area contributed by atoms with Crippen LogP contribution in [0, 0.1) is 17.7 Å². The highest BCUT2D eigenvalue weighted by atomic mass is 19.1. The molecule has 0 spiro atoms. The summed E-state index contributed by atoms with van der Waals surface area (Å²) in [6.45, 7) is 8.03. The zero-order valence-corrected chi connectivity index (χ0v) is 15.0. The smallest absolute Gasteiger partial charge is 0.321 e. The van der Waals surface area contributed by atoms with Crippen LogP contribution in [0.5, 0.6) is 5.75 Å². The van der Waals surface area contributed by atoms with Gasteiger partial charge in [-0.25, -0.2) is 9.18 Å². The number of piperidine rings is 1. The van der Waals surface area contributed by atoms with Gasteiger partial charge >= 0.3 is 12.0 Å². The van der Waals surface area contributed by atoms with Crippen LogP contribution in [0.15, 0.2) is 18.2 Å². The molecule has 1 saturated heterocycles. The number of ether oxygens (including phenoxy) is 1. The summed E-state index contributed by atoms with van der Waals surface area (Å²) in [6, 6.07) is 3.49. The molecule has 1 aromatic carbocycles. The normalized spacial score (nSPS) is 20.9. The van der Waals surface area contributed by atoms with E-state index in [0.717, 1.165) is 0 Å². The Labute approximate surface area is 147 Å². The number of benzene rings is 1. The number of aliphatic carboxylic acids is 1. The van der Waals surface area contributed by atoms with Gasteiger partial charge in [-0.05, 0) is 45.2 Å². The van der Waals surface area contributed by atoms with Gasteiger partial charge in [0, 0.05) is 19.2 Å². The Morgan fingerprint density at radius 3 is 2.60 bits per heavy atom. The van der Waals surface area contributed by atoms with Crippen molar-refractivity contribution in [2.24, 2.45) is 11.8 Å². The second kappa shape index (κ2) is 7.29. The number of carboxylic acid groups (broad SMARTS) is 1. The first kappa shape index (κ1) is 19.0. The van der Waals surface area contributed by atoms with Crippen LogP contribution in [0.25, 0.3) is 0 Å². The van der Waals surface area contributed by atoms with Crippen LogP contribution in [0.2, 0.25) is 0 Å². The second-order valence-corrected chi connectivity index (χ2v) is 7.57. The number of nitrogens with zero attached hydrogens (tertiary/aromatic N) is 1. The van der Waals surface area contributed by atoms with Gasteiger partial charge in [0.2, 0.25) is 0 Å². The first-order chi connectivity index (χ1) is 11.5. The maximum absolute atomic E-state index is 13.5. The number of likely N-dealkylation sites (tertiary alicyclic amines) is 1. The lowest BCUT2D eigenvalue weighted by Gasteiger charge is -2.34. The van der Waals surface area contributed by atoms with Crippen LogP contribution in [-0.2, 0) is 4.79 Å². The Kier molecular flexibility index (Phi) is 5.55. The van der Waals surface area contributed by atoms with Crippen molar-refractivity contribution in [2.75, 3.05) is 18.4 Å². The minimum atomic E-state index is -0.900. The SMILES string of the molecule is CC1CC(C(=O)O)CN(C(=O)Nc2ccc(F)cc2OC(C)(C)C)C1. The van der Waals surface area contributed by atoms with E-state index in [4.69, 9.17) is 4.74 Å². The summed E-state index contributed by atoms with van der Waals surface area (Å²) in [5.41, 5.74) is -0.201. The number of carbonyl (C=O) groups is 2. The Morgan fingerprint density at radius 2 is 2.00 bits per heavy atom. The summed E-state index contributed by atoms with van der Waals surface area (Å²) in [6.07, 6.45) is 0.550. The summed E-state index contributed by atoms with van der Waals surface area (Å²) in [7, 11) is 0. The molecule has 138 valence electrons. The lowest BCUT2D eigenvalue weighted by molar-refractivity contribution is -0.143. The molecule has 1 fully saturated rings. The zero-order chi connectivity index (χ0) is 18.8. The van der Waals surface area contributed by atoms with Gasteiger partial charge in [-0.15, -0.1) is 0 Å². The minimum absolute atomic E-state index is 0.0964. The van der Waals surface area contributed by atoms with Gasteiger partial charge in [-0.1, -0.05) is 6.92 Å². The number of carboxylic acids is 1. The van der Waals surface area contributed by atoms with Gasteiger partial charge in [0.1, 0.15) is 17.2 Å². The number of anilines is 1. The van der Waals surface area contributed by atoms with Crippen molar-refractivity contribution in [1.82, 2.24) is 4.90 Å². The van der Waals surface area contributed by atoms with Crippen molar-refractivity contribution in [2.45, 2.75) is 39.7 Å². The van der Waals surface area contributed by atoms with Crippen molar-refractivity contribution >= 4 is 17.7 Å². The highest BCUT2D eigenvalue weighted by Gasteiger charge is 2.32. The predicted octanol–water partition coefficient (Wildman–Crippen LogP) is 3.58. The van der Waals surface area contributed by atoms with Crippen molar-refractivity contribution in [3.8, 4) is 5.75 Å². The van der Waals surface area contributed by atoms with Crippen LogP contribution >= 0.6 is 0 Å². The Balaban J connectivity index is 2.16. The van der Waals surface area contributed by atoms with E-state index >= 15 is 0 Å². The molecular formula is C18H25FN2O4. The summed E-state index contributed by atoms with van der Waals surface area (Å²) in [5.74, 6) is -1.61. The number of nitrogens with one attached hydrogen (secondary N) is 1. The van der Waals surface area contributed by atoms with Crippen molar-refractivity contribution in [3.63, 3.8) is 0 Å². The second-order valence-electron chi connectivity index (χ2n) is 7.57. The number of halogens is 1. The van der Waals surface area contributed by atoms with E-state index in [9.17, 15) is 19.1 Å². The largest absolute Gasteiger partial charge is 0.486 e. The van der Waals surface area contributed by atoms with E-state index in [2.05, 4.69) is 5.32 Å². The van der Waals surface area contributed by atoms with Crippen molar-refractivity contribution in [3.05, 3.63) is 24.0 Å². The van der Waals surface area contributed by atoms with Gasteiger partial charge in [-0.2, -0.15) is 0 Å². The molecule has 1 heterocycles. The summed E-state index contributed by atoms with van der Waals surface area (Å²) in [4.78, 5) is 25.3. The zero-order valence-electron chi connectivity index (χ0n) is 15.0.